The highest BCUT2D eigenvalue weighted by atomic mass is 16.5. The van der Waals surface area contributed by atoms with Crippen LogP contribution < -0.4 is 10.1 Å². The summed E-state index contributed by atoms with van der Waals surface area (Å²) < 4.78 is 5.63. The number of hydrogen-bond acceptors (Lipinski definition) is 3. The van der Waals surface area contributed by atoms with E-state index in [1.165, 1.54) is 37.1 Å². The highest BCUT2D eigenvalue weighted by Gasteiger charge is 2.20. The zero-order chi connectivity index (χ0) is 17.5. The molecule has 1 atom stereocenters. The molecule has 0 unspecified atom stereocenters. The lowest BCUT2D eigenvalue weighted by Gasteiger charge is -2.30. The molecule has 0 bridgehead atoms. The van der Waals surface area contributed by atoms with Crippen molar-refractivity contribution in [1.29, 1.82) is 0 Å². The third kappa shape index (κ3) is 4.83. The molecule has 0 amide bonds. The van der Waals surface area contributed by atoms with Crippen LogP contribution in [-0.2, 0) is 0 Å². The van der Waals surface area contributed by atoms with Crippen LogP contribution in [0.1, 0.15) is 36.3 Å². The Morgan fingerprint density at radius 3 is 2.44 bits per heavy atom. The van der Waals surface area contributed by atoms with E-state index in [0.717, 1.165) is 18.7 Å². The summed E-state index contributed by atoms with van der Waals surface area (Å²) in [6, 6.07) is 19.9. The lowest BCUT2D eigenvalue weighted by atomic mass is 9.87. The molecular weight excluding hydrogens is 308 g/mol. The Balaban J connectivity index is 1.69. The second kappa shape index (κ2) is 9.02. The molecule has 134 valence electrons. The Morgan fingerprint density at radius 1 is 1.04 bits per heavy atom. The molecule has 0 aromatic heterocycles. The molecule has 1 aliphatic heterocycles. The van der Waals surface area contributed by atoms with Crippen molar-refractivity contribution in [2.45, 2.75) is 31.2 Å². The van der Waals surface area contributed by atoms with E-state index in [1.54, 1.807) is 7.11 Å². The zero-order valence-electron chi connectivity index (χ0n) is 15.4. The molecule has 3 nitrogen and oxygen atoms in total. The van der Waals surface area contributed by atoms with E-state index in [-0.39, 0.29) is 0 Å². The van der Waals surface area contributed by atoms with Gasteiger partial charge in [-0.3, -0.25) is 0 Å². The number of hydrogen-bond donors (Lipinski definition) is 1. The minimum atomic E-state index is 0.358. The van der Waals surface area contributed by atoms with Crippen molar-refractivity contribution < 1.29 is 4.74 Å². The van der Waals surface area contributed by atoms with Crippen molar-refractivity contribution in [3.8, 4) is 5.75 Å². The van der Waals surface area contributed by atoms with Crippen molar-refractivity contribution in [2.75, 3.05) is 33.8 Å². The average molecular weight is 338 g/mol. The Hall–Kier alpha value is -1.84. The summed E-state index contributed by atoms with van der Waals surface area (Å²) in [4.78, 5) is 2.42. The molecule has 25 heavy (non-hydrogen) atoms. The third-order valence-corrected chi connectivity index (χ3v) is 5.30. The fraction of sp³-hybridized carbons (Fsp3) is 0.455. The second-order valence-corrected chi connectivity index (χ2v) is 7.03. The Labute approximate surface area is 152 Å². The first-order valence-electron chi connectivity index (χ1n) is 9.37. The predicted molar refractivity (Wildman–Crippen MR) is 104 cm³/mol. The van der Waals surface area contributed by atoms with Crippen LogP contribution in [0, 0.1) is 0 Å². The van der Waals surface area contributed by atoms with Gasteiger partial charge >= 0.3 is 0 Å². The van der Waals surface area contributed by atoms with Crippen LogP contribution in [0.5, 0.6) is 5.75 Å². The number of rotatable bonds is 7. The SMILES string of the molecule is COc1ccccc1[C@H](CCNC1CCN(C)CC1)c1ccccc1. The van der Waals surface area contributed by atoms with Gasteiger partial charge in [-0.1, -0.05) is 48.5 Å². The van der Waals surface area contributed by atoms with Gasteiger partial charge in [-0.15, -0.1) is 0 Å². The van der Waals surface area contributed by atoms with Crippen molar-refractivity contribution in [3.05, 3.63) is 65.7 Å². The zero-order valence-corrected chi connectivity index (χ0v) is 15.4. The first-order valence-corrected chi connectivity index (χ1v) is 9.37. The van der Waals surface area contributed by atoms with Crippen molar-refractivity contribution in [2.24, 2.45) is 0 Å². The topological polar surface area (TPSA) is 24.5 Å². The van der Waals surface area contributed by atoms with Crippen LogP contribution >= 0.6 is 0 Å². The smallest absolute Gasteiger partial charge is 0.122 e. The Bertz CT molecular complexity index is 635. The molecule has 0 saturated carbocycles. The van der Waals surface area contributed by atoms with Gasteiger partial charge in [0.25, 0.3) is 0 Å². The van der Waals surface area contributed by atoms with E-state index < -0.39 is 0 Å². The molecule has 0 spiro atoms. The van der Waals surface area contributed by atoms with E-state index in [0.29, 0.717) is 12.0 Å². The lowest BCUT2D eigenvalue weighted by Crippen LogP contribution is -2.41. The van der Waals surface area contributed by atoms with E-state index in [2.05, 4.69) is 65.8 Å². The summed E-state index contributed by atoms with van der Waals surface area (Å²) in [5, 5.41) is 3.78. The number of likely N-dealkylation sites (tertiary alicyclic amines) is 1. The molecular formula is C22H30N2O. The minimum Gasteiger partial charge on any atom is -0.496 e. The van der Waals surface area contributed by atoms with Gasteiger partial charge in [0.2, 0.25) is 0 Å². The first kappa shape index (κ1) is 18.0. The second-order valence-electron chi connectivity index (χ2n) is 7.03. The van der Waals surface area contributed by atoms with Crippen LogP contribution in [0.2, 0.25) is 0 Å². The normalized spacial score (nSPS) is 17.4. The maximum absolute atomic E-state index is 5.63. The number of nitrogens with one attached hydrogen (secondary N) is 1. The number of para-hydroxylation sites is 1. The lowest BCUT2D eigenvalue weighted by molar-refractivity contribution is 0.234. The van der Waals surface area contributed by atoms with Crippen molar-refractivity contribution >= 4 is 0 Å². The summed E-state index contributed by atoms with van der Waals surface area (Å²) in [6.07, 6.45) is 3.58. The van der Waals surface area contributed by atoms with E-state index in [4.69, 9.17) is 4.74 Å². The highest BCUT2D eigenvalue weighted by Crippen LogP contribution is 2.34. The van der Waals surface area contributed by atoms with Crippen molar-refractivity contribution in [3.63, 3.8) is 0 Å². The number of methoxy groups -OCH3 is 1. The highest BCUT2D eigenvalue weighted by molar-refractivity contribution is 5.42. The Kier molecular flexibility index (Phi) is 6.48. The molecule has 1 aliphatic rings. The molecule has 2 aromatic carbocycles. The molecule has 2 aromatic rings. The van der Waals surface area contributed by atoms with Crippen molar-refractivity contribution in [1.82, 2.24) is 10.2 Å². The molecule has 3 heteroatoms. The maximum atomic E-state index is 5.63. The summed E-state index contributed by atoms with van der Waals surface area (Å²) in [5.74, 6) is 1.34. The van der Waals surface area contributed by atoms with Gasteiger partial charge < -0.3 is 15.0 Å². The number of ether oxygens (including phenoxy) is 1. The molecule has 0 aliphatic carbocycles. The number of benzene rings is 2. The summed E-state index contributed by atoms with van der Waals surface area (Å²) in [5.41, 5.74) is 2.64. The average Bonchev–Trinajstić information content (AvgIpc) is 2.67. The fourth-order valence-electron chi connectivity index (χ4n) is 3.79. The molecule has 3 rings (SSSR count). The molecule has 1 saturated heterocycles. The number of piperidine rings is 1. The van der Waals surface area contributed by atoms with Crippen LogP contribution in [-0.4, -0.2) is 44.7 Å². The molecule has 1 N–H and O–H groups in total. The maximum Gasteiger partial charge on any atom is 0.122 e. The van der Waals surface area contributed by atoms with Gasteiger partial charge in [-0.05, 0) is 57.6 Å². The van der Waals surface area contributed by atoms with Crippen LogP contribution in [0.4, 0.5) is 0 Å². The van der Waals surface area contributed by atoms with E-state index >= 15 is 0 Å². The quantitative estimate of drug-likeness (QED) is 0.828. The predicted octanol–water partition coefficient (Wildman–Crippen LogP) is 3.90. The fourth-order valence-corrected chi connectivity index (χ4v) is 3.79. The third-order valence-electron chi connectivity index (χ3n) is 5.30. The molecule has 0 radical (unpaired) electrons. The van der Waals surface area contributed by atoms with Gasteiger partial charge in [0.1, 0.15) is 5.75 Å². The summed E-state index contributed by atoms with van der Waals surface area (Å²) in [7, 11) is 3.97. The van der Waals surface area contributed by atoms with E-state index in [1.807, 2.05) is 6.07 Å². The van der Waals surface area contributed by atoms with Gasteiger partial charge in [-0.2, -0.15) is 0 Å². The monoisotopic (exact) mass is 338 g/mol. The first-order chi connectivity index (χ1) is 12.3. The summed E-state index contributed by atoms with van der Waals surface area (Å²) in [6.45, 7) is 3.44. The van der Waals surface area contributed by atoms with Crippen LogP contribution in [0.25, 0.3) is 0 Å². The standard InChI is InChI=1S/C22H30N2O/c1-24-16-13-19(14-17-24)23-15-12-20(18-8-4-3-5-9-18)21-10-6-7-11-22(21)25-2/h3-11,19-20,23H,12-17H2,1-2H3/t20-/m1/s1. The molecule has 1 heterocycles. The van der Waals surface area contributed by atoms with Crippen LogP contribution in [0.3, 0.4) is 0 Å². The number of nitrogens with zero attached hydrogens (tertiary/aromatic N) is 1. The van der Waals surface area contributed by atoms with Gasteiger partial charge in [-0.25, -0.2) is 0 Å². The van der Waals surface area contributed by atoms with Gasteiger partial charge in [0, 0.05) is 17.5 Å². The van der Waals surface area contributed by atoms with Crippen LogP contribution in [0.15, 0.2) is 54.6 Å². The molecule has 1 fully saturated rings. The van der Waals surface area contributed by atoms with Gasteiger partial charge in [0.15, 0.2) is 0 Å². The Morgan fingerprint density at radius 2 is 1.72 bits per heavy atom. The summed E-state index contributed by atoms with van der Waals surface area (Å²) >= 11 is 0. The minimum absolute atomic E-state index is 0.358. The largest absolute Gasteiger partial charge is 0.496 e. The van der Waals surface area contributed by atoms with E-state index in [9.17, 15) is 0 Å². The van der Waals surface area contributed by atoms with Gasteiger partial charge in [0.05, 0.1) is 7.11 Å².